The molecule has 6 N–H and O–H groups in total. The molecule has 3 aromatic rings. The van der Waals surface area contributed by atoms with E-state index in [1.165, 1.54) is 38.4 Å². The Bertz CT molecular complexity index is 1460. The molecule has 1 saturated heterocycles. The molecule has 0 saturated carbocycles. The Morgan fingerprint density at radius 2 is 1.82 bits per heavy atom. The fourth-order valence-electron chi connectivity index (χ4n) is 3.75. The quantitative estimate of drug-likeness (QED) is 0.200. The van der Waals surface area contributed by atoms with E-state index in [9.17, 15) is 33.3 Å². The molecule has 16 nitrogen and oxygen atoms in total. The molecule has 1 aliphatic rings. The molecule has 0 aliphatic carbocycles. The summed E-state index contributed by atoms with van der Waals surface area (Å²) in [7, 11) is -0.826. The fraction of sp³-hybridized carbons (Fsp3) is 0.381. The Labute approximate surface area is 216 Å². The van der Waals surface area contributed by atoms with Crippen molar-refractivity contribution in [1.82, 2.24) is 29.1 Å². The smallest absolute Gasteiger partial charge is 0.324 e. The highest BCUT2D eigenvalue weighted by atomic mass is 32.2. The van der Waals surface area contributed by atoms with Gasteiger partial charge in [-0.1, -0.05) is 0 Å². The molecular weight excluding hydrogens is 524 g/mol. The number of fused-ring (bicyclic) bond motifs is 1. The van der Waals surface area contributed by atoms with Gasteiger partial charge in [0.1, 0.15) is 18.8 Å². The third-order valence-corrected chi connectivity index (χ3v) is 7.56. The van der Waals surface area contributed by atoms with Crippen LogP contribution in [0.15, 0.2) is 41.8 Å². The molecule has 1 aliphatic heterocycles. The lowest BCUT2D eigenvalue weighted by molar-refractivity contribution is -0.282. The van der Waals surface area contributed by atoms with Crippen LogP contribution in [0.4, 0.5) is 16.3 Å². The Morgan fingerprint density at radius 3 is 2.45 bits per heavy atom. The number of benzene rings is 1. The molecule has 0 radical (unpaired) electrons. The van der Waals surface area contributed by atoms with E-state index in [1.807, 2.05) is 0 Å². The van der Waals surface area contributed by atoms with E-state index < -0.39 is 46.2 Å². The average Bonchev–Trinajstić information content (AvgIpc) is 3.41. The topological polar surface area (TPSA) is 221 Å². The lowest BCUT2D eigenvalue weighted by atomic mass is 10.1. The summed E-state index contributed by atoms with van der Waals surface area (Å²) >= 11 is 0. The van der Waals surface area contributed by atoms with Crippen molar-refractivity contribution in [2.75, 3.05) is 31.3 Å². The van der Waals surface area contributed by atoms with Crippen LogP contribution in [0.1, 0.15) is 6.92 Å². The number of likely N-dealkylation sites (N-methyl/N-ethyl adjacent to an activating group) is 1. The molecule has 1 aromatic carbocycles. The van der Waals surface area contributed by atoms with E-state index in [-0.39, 0.29) is 28.4 Å². The zero-order valence-electron chi connectivity index (χ0n) is 20.4. The largest absolute Gasteiger partial charge is 0.387 e. The van der Waals surface area contributed by atoms with E-state index in [4.69, 9.17) is 4.74 Å². The molecular formula is C21H26N8O8S. The molecule has 4 atom stereocenters. The van der Waals surface area contributed by atoms with Crippen molar-refractivity contribution in [3.8, 4) is 0 Å². The average molecular weight is 551 g/mol. The summed E-state index contributed by atoms with van der Waals surface area (Å²) in [4.78, 5) is 36.9. The minimum Gasteiger partial charge on any atom is -0.387 e. The third kappa shape index (κ3) is 4.77. The summed E-state index contributed by atoms with van der Waals surface area (Å²) in [5, 5.41) is 39.3. The number of rotatable bonds is 7. The number of sulfonamides is 1. The molecule has 4 rings (SSSR count). The molecule has 1 fully saturated rings. The van der Waals surface area contributed by atoms with Crippen molar-refractivity contribution in [2.45, 2.75) is 36.0 Å². The summed E-state index contributed by atoms with van der Waals surface area (Å²) in [6.07, 6.45) is -3.17. The van der Waals surface area contributed by atoms with Gasteiger partial charge in [-0.2, -0.15) is 0 Å². The summed E-state index contributed by atoms with van der Waals surface area (Å²) in [6.45, 7) is 1.88. The van der Waals surface area contributed by atoms with Gasteiger partial charge in [0.25, 0.3) is 11.8 Å². The van der Waals surface area contributed by atoms with Crippen LogP contribution in [0.5, 0.6) is 0 Å². The van der Waals surface area contributed by atoms with E-state index in [0.29, 0.717) is 5.69 Å². The van der Waals surface area contributed by atoms with Crippen molar-refractivity contribution in [3.05, 3.63) is 36.9 Å². The maximum atomic E-state index is 12.6. The van der Waals surface area contributed by atoms with Crippen LogP contribution in [-0.2, 0) is 25.5 Å². The highest BCUT2D eigenvalue weighted by molar-refractivity contribution is 7.89. The van der Waals surface area contributed by atoms with Gasteiger partial charge in [-0.25, -0.2) is 32.5 Å². The number of carbonyl (C=O) groups excluding carboxylic acids is 2. The van der Waals surface area contributed by atoms with Gasteiger partial charge in [0.05, 0.1) is 4.90 Å². The van der Waals surface area contributed by atoms with Crippen LogP contribution in [0.3, 0.4) is 0 Å². The second-order valence-corrected chi connectivity index (χ2v) is 10.6. The van der Waals surface area contributed by atoms with E-state index >= 15 is 0 Å². The fourth-order valence-corrected chi connectivity index (χ4v) is 4.65. The second-order valence-electron chi connectivity index (χ2n) is 8.43. The summed E-state index contributed by atoms with van der Waals surface area (Å²) in [6, 6.07) is 4.75. The minimum atomic E-state index is -3.63. The first-order valence-corrected chi connectivity index (χ1v) is 12.7. The van der Waals surface area contributed by atoms with Crippen molar-refractivity contribution in [3.63, 3.8) is 0 Å². The van der Waals surface area contributed by atoms with Crippen molar-refractivity contribution in [1.29, 1.82) is 0 Å². The molecule has 0 unspecified atom stereocenters. The van der Waals surface area contributed by atoms with E-state index in [0.717, 1.165) is 21.5 Å². The monoisotopic (exact) mass is 550 g/mol. The first-order valence-electron chi connectivity index (χ1n) is 11.2. The van der Waals surface area contributed by atoms with Crippen molar-refractivity contribution < 1.29 is 38.1 Å². The summed E-state index contributed by atoms with van der Waals surface area (Å²) in [5.74, 6) is -3.41. The molecule has 17 heteroatoms. The number of anilines is 2. The second kappa shape index (κ2) is 10.2. The van der Waals surface area contributed by atoms with Gasteiger partial charge < -0.3 is 30.7 Å². The molecule has 0 spiro atoms. The lowest BCUT2D eigenvalue weighted by Gasteiger charge is -2.27. The number of hydrogen-bond donors (Lipinski definition) is 6. The van der Waals surface area contributed by atoms with Gasteiger partial charge in [0.15, 0.2) is 29.2 Å². The Balaban J connectivity index is 1.54. The first-order chi connectivity index (χ1) is 17.9. The first kappa shape index (κ1) is 27.3. The van der Waals surface area contributed by atoms with Gasteiger partial charge in [-0.15, -0.1) is 0 Å². The Morgan fingerprint density at radius 1 is 1.13 bits per heavy atom. The predicted molar refractivity (Wildman–Crippen MR) is 131 cm³/mol. The normalized spacial score (nSPS) is 23.5. The van der Waals surface area contributed by atoms with Gasteiger partial charge in [-0.3, -0.25) is 14.7 Å². The van der Waals surface area contributed by atoms with Crippen LogP contribution in [0.25, 0.3) is 11.2 Å². The number of aliphatic hydroxyl groups excluding tert-OH is 2. The SMILES string of the molecule is CCNC(=O)[C@H]1O[C@](O)(n2cnc3c(NC(=O)Nc4ccc(S(=O)(=O)N(C)C)cc4)ncnc32)[C@H](O)[C@@H]1O. The lowest BCUT2D eigenvalue weighted by Crippen LogP contribution is -2.45. The third-order valence-electron chi connectivity index (χ3n) is 5.73. The number of imidazole rings is 1. The summed E-state index contributed by atoms with van der Waals surface area (Å²) in [5.41, 5.74) is 0.201. The number of nitrogens with one attached hydrogen (secondary N) is 3. The van der Waals surface area contributed by atoms with Crippen LogP contribution in [0.2, 0.25) is 0 Å². The Hall–Kier alpha value is -3.74. The number of ether oxygens (including phenoxy) is 1. The van der Waals surface area contributed by atoms with Crippen LogP contribution in [-0.4, -0.2) is 98.5 Å². The van der Waals surface area contributed by atoms with Crippen LogP contribution in [0, 0.1) is 0 Å². The number of nitrogens with zero attached hydrogens (tertiary/aromatic N) is 5. The molecule has 0 bridgehead atoms. The number of amides is 3. The maximum absolute atomic E-state index is 12.6. The predicted octanol–water partition coefficient (Wildman–Crippen LogP) is -1.42. The minimum absolute atomic E-state index is 0.00440. The number of aliphatic hydroxyl groups is 3. The van der Waals surface area contributed by atoms with Gasteiger partial charge >= 0.3 is 6.03 Å². The highest BCUT2D eigenvalue weighted by Crippen LogP contribution is 2.36. The van der Waals surface area contributed by atoms with Gasteiger partial charge in [0.2, 0.25) is 10.0 Å². The number of aromatic nitrogens is 4. The zero-order chi connectivity index (χ0) is 27.8. The standard InChI is InChI=1S/C21H26N8O8S/c1-4-22-19(32)15-14(30)16(31)21(34,37-15)29-10-25-13-17(23-9-24-18(13)29)27-20(33)26-11-5-7-12(8-6-11)38(35,36)28(2)3/h5-10,14-16,30-31,34H,4H2,1-3H3,(H,22,32)(H2,23,24,26,27,33)/t14-,15+,16-,21+/m1/s1. The van der Waals surface area contributed by atoms with Crippen molar-refractivity contribution in [2.24, 2.45) is 0 Å². The van der Waals surface area contributed by atoms with Gasteiger partial charge in [-0.05, 0) is 31.2 Å². The van der Waals surface area contributed by atoms with Crippen LogP contribution < -0.4 is 16.0 Å². The number of hydrogen-bond acceptors (Lipinski definition) is 11. The molecule has 38 heavy (non-hydrogen) atoms. The van der Waals surface area contributed by atoms with Crippen LogP contribution >= 0.6 is 0 Å². The molecule has 3 amide bonds. The van der Waals surface area contributed by atoms with Gasteiger partial charge in [0, 0.05) is 26.3 Å². The number of urea groups is 1. The van der Waals surface area contributed by atoms with E-state index in [2.05, 4.69) is 30.9 Å². The number of carbonyl (C=O) groups is 2. The zero-order valence-corrected chi connectivity index (χ0v) is 21.2. The van der Waals surface area contributed by atoms with Crippen molar-refractivity contribution >= 4 is 44.6 Å². The molecule has 204 valence electrons. The molecule has 3 heterocycles. The highest BCUT2D eigenvalue weighted by Gasteiger charge is 2.58. The maximum Gasteiger partial charge on any atom is 0.324 e. The molecule has 2 aromatic heterocycles. The van der Waals surface area contributed by atoms with E-state index in [1.54, 1.807) is 6.92 Å². The Kier molecular flexibility index (Phi) is 7.33. The summed E-state index contributed by atoms with van der Waals surface area (Å²) < 4.78 is 31.7.